The predicted octanol–water partition coefficient (Wildman–Crippen LogP) is 2.76. The van der Waals surface area contributed by atoms with Gasteiger partial charge in [0, 0.05) is 5.56 Å². The van der Waals surface area contributed by atoms with Crippen LogP contribution >= 0.6 is 0 Å². The average Bonchev–Trinajstić information content (AvgIpc) is 2.70. The summed E-state index contributed by atoms with van der Waals surface area (Å²) in [6.45, 7) is 5.73. The second-order valence-corrected chi connectivity index (χ2v) is 7.29. The highest BCUT2D eigenvalue weighted by atomic mass is 32.2. The number of nitrogens with zero attached hydrogens (tertiary/aromatic N) is 2. The molecule has 1 aromatic rings. The van der Waals surface area contributed by atoms with Gasteiger partial charge < -0.3 is 4.55 Å². The van der Waals surface area contributed by atoms with Gasteiger partial charge in [-0.2, -0.15) is 5.26 Å². The average molecular weight is 260 g/mol. The molecule has 0 fully saturated rings. The Morgan fingerprint density at radius 3 is 2.67 bits per heavy atom. The number of aryl methyl sites for hydroxylation is 1. The Bertz CT molecular complexity index is 538. The molecule has 1 aliphatic carbocycles. The van der Waals surface area contributed by atoms with Crippen LogP contribution in [0.4, 0.5) is 0 Å². The van der Waals surface area contributed by atoms with Crippen LogP contribution in [0.3, 0.4) is 0 Å². The Balaban J connectivity index is 2.37. The van der Waals surface area contributed by atoms with Crippen LogP contribution in [0, 0.1) is 11.3 Å². The summed E-state index contributed by atoms with van der Waals surface area (Å²) in [4.78, 5) is 0. The standard InChI is InChI=1S/C14H16N2OS/c1-14(2,3)18(17)16-13-7-6-11-5-4-10(9-15)8-12(11)13/h4-5,8H,6-7H2,1-3H3. The van der Waals surface area contributed by atoms with Crippen LogP contribution in [-0.4, -0.2) is 15.0 Å². The molecule has 3 nitrogen and oxygen atoms in total. The lowest BCUT2D eigenvalue weighted by Crippen LogP contribution is -2.26. The number of nitriles is 1. The molecule has 0 saturated heterocycles. The minimum atomic E-state index is -1.24. The summed E-state index contributed by atoms with van der Waals surface area (Å²) in [6.07, 6.45) is 1.73. The van der Waals surface area contributed by atoms with Gasteiger partial charge in [0.2, 0.25) is 0 Å². The first kappa shape index (κ1) is 13.1. The van der Waals surface area contributed by atoms with E-state index in [1.165, 1.54) is 5.56 Å². The molecule has 0 aromatic heterocycles. The fourth-order valence-corrected chi connectivity index (χ4v) is 2.52. The molecule has 0 aliphatic heterocycles. The number of hydrogen-bond acceptors (Lipinski definition) is 3. The zero-order valence-electron chi connectivity index (χ0n) is 10.9. The van der Waals surface area contributed by atoms with E-state index in [0.717, 1.165) is 24.1 Å². The van der Waals surface area contributed by atoms with Gasteiger partial charge in [0.15, 0.2) is 0 Å². The van der Waals surface area contributed by atoms with E-state index in [1.807, 2.05) is 39.0 Å². The Kier molecular flexibility index (Phi) is 3.47. The summed E-state index contributed by atoms with van der Waals surface area (Å²) < 4.78 is 16.0. The third-order valence-electron chi connectivity index (χ3n) is 2.90. The molecule has 1 unspecified atom stereocenters. The van der Waals surface area contributed by atoms with Gasteiger partial charge in [-0.15, -0.1) is 0 Å². The Labute approximate surface area is 111 Å². The molecule has 4 heteroatoms. The highest BCUT2D eigenvalue weighted by Gasteiger charge is 2.29. The van der Waals surface area contributed by atoms with Gasteiger partial charge in [0.1, 0.15) is 16.1 Å². The second-order valence-electron chi connectivity index (χ2n) is 5.38. The van der Waals surface area contributed by atoms with Crippen LogP contribution in [0.2, 0.25) is 0 Å². The maximum atomic E-state index is 12.0. The van der Waals surface area contributed by atoms with Crippen molar-refractivity contribution >= 4 is 17.1 Å². The predicted molar refractivity (Wildman–Crippen MR) is 73.9 cm³/mol. The van der Waals surface area contributed by atoms with Crippen LogP contribution in [-0.2, 0) is 17.8 Å². The first-order chi connectivity index (χ1) is 8.41. The summed E-state index contributed by atoms with van der Waals surface area (Å²) in [7, 11) is 0. The van der Waals surface area contributed by atoms with Crippen LogP contribution < -0.4 is 0 Å². The van der Waals surface area contributed by atoms with Crippen molar-refractivity contribution in [3.63, 3.8) is 0 Å². The Morgan fingerprint density at radius 2 is 2.06 bits per heavy atom. The quantitative estimate of drug-likeness (QED) is 0.729. The molecule has 0 spiro atoms. The molecule has 0 radical (unpaired) electrons. The largest absolute Gasteiger partial charge is 0.591 e. The fraction of sp³-hybridized carbons (Fsp3) is 0.429. The highest BCUT2D eigenvalue weighted by Crippen LogP contribution is 2.26. The molecule has 0 saturated carbocycles. The van der Waals surface area contributed by atoms with Gasteiger partial charge in [0.25, 0.3) is 0 Å². The van der Waals surface area contributed by atoms with Gasteiger partial charge in [-0.1, -0.05) is 10.5 Å². The normalized spacial score (nSPS) is 18.5. The first-order valence-corrected chi connectivity index (χ1v) is 7.05. The van der Waals surface area contributed by atoms with E-state index in [0.29, 0.717) is 5.56 Å². The van der Waals surface area contributed by atoms with Crippen LogP contribution in [0.25, 0.3) is 0 Å². The van der Waals surface area contributed by atoms with Gasteiger partial charge in [-0.05, 0) is 51.3 Å². The first-order valence-electron chi connectivity index (χ1n) is 5.95. The lowest BCUT2D eigenvalue weighted by molar-refractivity contribution is 0.561. The van der Waals surface area contributed by atoms with E-state index in [4.69, 9.17) is 5.26 Å². The summed E-state index contributed by atoms with van der Waals surface area (Å²) in [5.41, 5.74) is 3.69. The zero-order valence-corrected chi connectivity index (χ0v) is 11.7. The lowest BCUT2D eigenvalue weighted by atomic mass is 10.1. The van der Waals surface area contributed by atoms with Crippen LogP contribution in [0.1, 0.15) is 43.9 Å². The van der Waals surface area contributed by atoms with E-state index in [-0.39, 0.29) is 4.75 Å². The summed E-state index contributed by atoms with van der Waals surface area (Å²) in [5.74, 6) is 0. The minimum absolute atomic E-state index is 0.345. The molecular formula is C14H16N2OS. The van der Waals surface area contributed by atoms with Crippen molar-refractivity contribution in [1.82, 2.24) is 0 Å². The summed E-state index contributed by atoms with van der Waals surface area (Å²) >= 11 is -1.24. The van der Waals surface area contributed by atoms with E-state index in [1.54, 1.807) is 0 Å². The lowest BCUT2D eigenvalue weighted by Gasteiger charge is -2.18. The Hall–Kier alpha value is -1.31. The van der Waals surface area contributed by atoms with Crippen molar-refractivity contribution < 1.29 is 4.55 Å². The van der Waals surface area contributed by atoms with Gasteiger partial charge >= 0.3 is 0 Å². The summed E-state index contributed by atoms with van der Waals surface area (Å²) in [6, 6.07) is 7.77. The summed E-state index contributed by atoms with van der Waals surface area (Å²) in [5, 5.41) is 8.92. The highest BCUT2D eigenvalue weighted by molar-refractivity contribution is 7.91. The molecule has 1 atom stereocenters. The molecule has 0 amide bonds. The van der Waals surface area contributed by atoms with E-state index in [2.05, 4.69) is 10.5 Å². The topological polar surface area (TPSA) is 59.2 Å². The van der Waals surface area contributed by atoms with Gasteiger partial charge in [0.05, 0.1) is 17.3 Å². The third-order valence-corrected chi connectivity index (χ3v) is 4.33. The zero-order chi connectivity index (χ0) is 13.3. The molecule has 1 aromatic carbocycles. The van der Waals surface area contributed by atoms with E-state index >= 15 is 0 Å². The van der Waals surface area contributed by atoms with Crippen molar-refractivity contribution in [2.45, 2.75) is 38.4 Å². The maximum absolute atomic E-state index is 12.0. The van der Waals surface area contributed by atoms with E-state index in [9.17, 15) is 4.55 Å². The Morgan fingerprint density at radius 1 is 1.33 bits per heavy atom. The molecular weight excluding hydrogens is 244 g/mol. The minimum Gasteiger partial charge on any atom is -0.591 e. The van der Waals surface area contributed by atoms with Crippen LogP contribution in [0.15, 0.2) is 22.6 Å². The molecule has 94 valence electrons. The van der Waals surface area contributed by atoms with Crippen molar-refractivity contribution in [1.29, 1.82) is 5.26 Å². The monoisotopic (exact) mass is 260 g/mol. The second kappa shape index (κ2) is 4.75. The molecule has 0 heterocycles. The van der Waals surface area contributed by atoms with Crippen molar-refractivity contribution in [3.8, 4) is 6.07 Å². The molecule has 1 aliphatic rings. The fourth-order valence-electron chi connectivity index (χ4n) is 1.85. The number of benzene rings is 1. The SMILES string of the molecule is CC(C)(C)[S+]([O-])N=C1CCc2ccc(C#N)cc21. The van der Waals surface area contributed by atoms with Gasteiger partial charge in [-0.3, -0.25) is 0 Å². The van der Waals surface area contributed by atoms with Crippen molar-refractivity contribution in [3.05, 3.63) is 34.9 Å². The third kappa shape index (κ3) is 2.58. The number of fused-ring (bicyclic) bond motifs is 1. The molecule has 2 rings (SSSR count). The molecule has 18 heavy (non-hydrogen) atoms. The van der Waals surface area contributed by atoms with Crippen LogP contribution in [0.5, 0.6) is 0 Å². The molecule has 0 bridgehead atoms. The number of rotatable bonds is 1. The van der Waals surface area contributed by atoms with Gasteiger partial charge in [-0.25, -0.2) is 0 Å². The number of hydrogen-bond donors (Lipinski definition) is 0. The smallest absolute Gasteiger partial charge is 0.144 e. The van der Waals surface area contributed by atoms with Crippen molar-refractivity contribution in [2.75, 3.05) is 0 Å². The van der Waals surface area contributed by atoms with E-state index < -0.39 is 11.4 Å². The van der Waals surface area contributed by atoms with Crippen molar-refractivity contribution in [2.24, 2.45) is 4.40 Å². The molecule has 0 N–H and O–H groups in total. The maximum Gasteiger partial charge on any atom is 0.144 e.